The third-order valence-electron chi connectivity index (χ3n) is 2.94. The van der Waals surface area contributed by atoms with Gasteiger partial charge in [-0.25, -0.2) is 0 Å². The summed E-state index contributed by atoms with van der Waals surface area (Å²) in [6.45, 7) is 0. The van der Waals surface area contributed by atoms with Gasteiger partial charge < -0.3 is 0 Å². The normalized spacial score (nSPS) is 18.8. The van der Waals surface area contributed by atoms with Gasteiger partial charge in [-0.05, 0) is 23.6 Å². The molecule has 2 aromatic rings. The average Bonchev–Trinajstić information content (AvgIpc) is 2.93. The van der Waals surface area contributed by atoms with Gasteiger partial charge in [0.1, 0.15) is 0 Å². The number of carbonyl (C=O) groups is 1. The molecule has 1 N–H and O–H groups in total. The zero-order chi connectivity index (χ0) is 13.2. The number of hydrogen-bond donors (Lipinski definition) is 1. The van der Waals surface area contributed by atoms with Crippen molar-refractivity contribution in [3.8, 4) is 0 Å². The van der Waals surface area contributed by atoms with Crippen molar-refractivity contribution in [2.45, 2.75) is 11.7 Å². The van der Waals surface area contributed by atoms with E-state index in [1.54, 1.807) is 11.3 Å². The van der Waals surface area contributed by atoms with Crippen LogP contribution in [0.25, 0.3) is 0 Å². The van der Waals surface area contributed by atoms with Crippen LogP contribution >= 0.6 is 35.5 Å². The number of para-hydroxylation sites is 1. The van der Waals surface area contributed by atoms with Crippen LogP contribution in [0.2, 0.25) is 0 Å². The fraction of sp³-hybridized carbons (Fsp3) is 0.143. The third-order valence-corrected chi connectivity index (χ3v) is 5.19. The molecule has 1 amide bonds. The number of nitrogens with one attached hydrogen (secondary N) is 1. The number of benzene rings is 1. The number of thiophene rings is 1. The fourth-order valence-corrected chi connectivity index (χ4v) is 4.08. The Hall–Kier alpha value is -1.30. The Morgan fingerprint density at radius 2 is 1.90 bits per heavy atom. The van der Waals surface area contributed by atoms with E-state index in [9.17, 15) is 4.79 Å². The molecule has 0 aliphatic carbocycles. The van der Waals surface area contributed by atoms with Gasteiger partial charge in [-0.3, -0.25) is 15.1 Å². The number of carbonyl (C=O) groups excluding carboxylic acids is 1. The predicted molar refractivity (Wildman–Crippen MR) is 88.2 cm³/mol. The fourth-order valence-electron chi connectivity index (χ4n) is 2.06. The molecular weight excluding hydrogens is 312 g/mol. The zero-order valence-electron chi connectivity index (χ0n) is 10.5. The van der Waals surface area contributed by atoms with Crippen molar-refractivity contribution >= 4 is 52.3 Å². The lowest BCUT2D eigenvalue weighted by Crippen LogP contribution is -2.39. The van der Waals surface area contributed by atoms with E-state index in [2.05, 4.69) is 0 Å². The molecule has 104 valence electrons. The molecule has 20 heavy (non-hydrogen) atoms. The summed E-state index contributed by atoms with van der Waals surface area (Å²) >= 11 is 3.09. The van der Waals surface area contributed by atoms with E-state index in [1.807, 2.05) is 47.8 Å². The molecule has 1 atom stereocenters. The first-order chi connectivity index (χ1) is 9.25. The topological polar surface area (TPSA) is 44.2 Å². The molecule has 1 aromatic heterocycles. The van der Waals surface area contributed by atoms with Gasteiger partial charge >= 0.3 is 0 Å². The molecule has 0 saturated carbocycles. The van der Waals surface area contributed by atoms with E-state index in [-0.39, 0.29) is 23.6 Å². The van der Waals surface area contributed by atoms with Crippen molar-refractivity contribution < 1.29 is 4.79 Å². The first kappa shape index (κ1) is 15.1. The molecule has 2 heterocycles. The molecule has 1 aliphatic rings. The maximum Gasteiger partial charge on any atom is 0.234 e. The van der Waals surface area contributed by atoms with Crippen molar-refractivity contribution in [2.24, 2.45) is 0 Å². The molecule has 1 aliphatic heterocycles. The van der Waals surface area contributed by atoms with Crippen LogP contribution in [0.1, 0.15) is 16.5 Å². The van der Waals surface area contributed by atoms with Gasteiger partial charge in [0, 0.05) is 11.3 Å². The average molecular weight is 325 g/mol. The third kappa shape index (κ3) is 2.90. The Morgan fingerprint density at radius 1 is 1.15 bits per heavy atom. The maximum atomic E-state index is 12.3. The minimum atomic E-state index is -0.00616. The van der Waals surface area contributed by atoms with Crippen LogP contribution in [-0.2, 0) is 4.79 Å². The van der Waals surface area contributed by atoms with E-state index in [0.29, 0.717) is 11.6 Å². The minimum Gasteiger partial charge on any atom is -0.278 e. The maximum absolute atomic E-state index is 12.3. The Balaban J connectivity index is 0.00000147. The van der Waals surface area contributed by atoms with Crippen LogP contribution in [0.15, 0.2) is 47.8 Å². The molecule has 1 fully saturated rings. The number of amides is 1. The Bertz CT molecular complexity index is 583. The van der Waals surface area contributed by atoms with Crippen LogP contribution < -0.4 is 4.90 Å². The largest absolute Gasteiger partial charge is 0.278 e. The minimum absolute atomic E-state index is 0. The van der Waals surface area contributed by atoms with Gasteiger partial charge in [0.15, 0.2) is 5.17 Å². The first-order valence-electron chi connectivity index (χ1n) is 5.92. The molecule has 1 unspecified atom stereocenters. The second-order valence-corrected chi connectivity index (χ2v) is 6.37. The standard InChI is InChI=1S/C14H12N2OS2.ClH/c15-14-16(10-5-2-1-3-6-10)13(17)9-12(19-14)11-7-4-8-18-11;/h1-8,12,15H,9H2;1H. The lowest BCUT2D eigenvalue weighted by Gasteiger charge is -2.31. The molecule has 0 bridgehead atoms. The predicted octanol–water partition coefficient (Wildman–Crippen LogP) is 4.32. The molecule has 1 aromatic carbocycles. The molecule has 3 nitrogen and oxygen atoms in total. The van der Waals surface area contributed by atoms with E-state index in [1.165, 1.54) is 16.7 Å². The highest BCUT2D eigenvalue weighted by Gasteiger charge is 2.33. The number of nitrogens with zero attached hydrogens (tertiary/aromatic N) is 1. The van der Waals surface area contributed by atoms with Crippen molar-refractivity contribution in [2.75, 3.05) is 4.90 Å². The van der Waals surface area contributed by atoms with E-state index < -0.39 is 0 Å². The number of thioether (sulfide) groups is 1. The highest BCUT2D eigenvalue weighted by atomic mass is 35.5. The summed E-state index contributed by atoms with van der Waals surface area (Å²) in [6.07, 6.45) is 0.447. The van der Waals surface area contributed by atoms with E-state index >= 15 is 0 Å². The second kappa shape index (κ2) is 6.43. The summed E-state index contributed by atoms with van der Waals surface area (Å²) in [5.41, 5.74) is 0.773. The number of rotatable bonds is 2. The van der Waals surface area contributed by atoms with Crippen LogP contribution in [0.4, 0.5) is 5.69 Å². The van der Waals surface area contributed by atoms with Gasteiger partial charge in [-0.2, -0.15) is 0 Å². The smallest absolute Gasteiger partial charge is 0.234 e. The highest BCUT2D eigenvalue weighted by molar-refractivity contribution is 8.14. The summed E-state index contributed by atoms with van der Waals surface area (Å²) in [7, 11) is 0. The Kier molecular flexibility index (Phi) is 4.86. The lowest BCUT2D eigenvalue weighted by atomic mass is 10.2. The summed E-state index contributed by atoms with van der Waals surface area (Å²) in [5, 5.41) is 10.5. The molecule has 6 heteroatoms. The zero-order valence-corrected chi connectivity index (χ0v) is 12.9. The SMILES string of the molecule is Cl.N=C1SC(c2cccs2)CC(=O)N1c1ccccc1. The molecule has 0 radical (unpaired) electrons. The number of halogens is 1. The Morgan fingerprint density at radius 3 is 2.50 bits per heavy atom. The van der Waals surface area contributed by atoms with Crippen molar-refractivity contribution in [3.63, 3.8) is 0 Å². The molecule has 3 rings (SSSR count). The van der Waals surface area contributed by atoms with Gasteiger partial charge in [0.2, 0.25) is 5.91 Å². The first-order valence-corrected chi connectivity index (χ1v) is 7.68. The monoisotopic (exact) mass is 324 g/mol. The Labute approximate surface area is 131 Å². The molecular formula is C14H13ClN2OS2. The van der Waals surface area contributed by atoms with Crippen LogP contribution in [0.3, 0.4) is 0 Å². The van der Waals surface area contributed by atoms with Gasteiger partial charge in [-0.15, -0.1) is 23.7 Å². The summed E-state index contributed by atoms with van der Waals surface area (Å²) in [4.78, 5) is 14.9. The summed E-state index contributed by atoms with van der Waals surface area (Å²) < 4.78 is 0. The lowest BCUT2D eigenvalue weighted by molar-refractivity contribution is -0.117. The van der Waals surface area contributed by atoms with Crippen LogP contribution in [0, 0.1) is 5.41 Å². The summed E-state index contributed by atoms with van der Waals surface area (Å²) in [5.74, 6) is -0.00616. The number of amidine groups is 1. The number of hydrogen-bond acceptors (Lipinski definition) is 4. The van der Waals surface area contributed by atoms with Crippen LogP contribution in [-0.4, -0.2) is 11.1 Å². The molecule has 0 spiro atoms. The van der Waals surface area contributed by atoms with Crippen molar-refractivity contribution in [1.29, 1.82) is 5.41 Å². The van der Waals surface area contributed by atoms with Crippen molar-refractivity contribution in [1.82, 2.24) is 0 Å². The summed E-state index contributed by atoms with van der Waals surface area (Å²) in [6, 6.07) is 13.4. The van der Waals surface area contributed by atoms with Crippen molar-refractivity contribution in [3.05, 3.63) is 52.7 Å². The highest BCUT2D eigenvalue weighted by Crippen LogP contribution is 2.41. The van der Waals surface area contributed by atoms with Crippen LogP contribution in [0.5, 0.6) is 0 Å². The second-order valence-electron chi connectivity index (χ2n) is 4.20. The number of anilines is 1. The van der Waals surface area contributed by atoms with Gasteiger partial charge in [0.25, 0.3) is 0 Å². The van der Waals surface area contributed by atoms with Gasteiger partial charge in [-0.1, -0.05) is 36.0 Å². The molecule has 1 saturated heterocycles. The van der Waals surface area contributed by atoms with Gasteiger partial charge in [0.05, 0.1) is 10.9 Å². The quantitative estimate of drug-likeness (QED) is 0.894. The van der Waals surface area contributed by atoms with E-state index in [4.69, 9.17) is 5.41 Å². The van der Waals surface area contributed by atoms with E-state index in [0.717, 1.165) is 10.6 Å².